The van der Waals surface area contributed by atoms with Crippen LogP contribution in [-0.2, 0) is 11.2 Å². The van der Waals surface area contributed by atoms with Crippen LogP contribution in [0.15, 0.2) is 24.3 Å². The second kappa shape index (κ2) is 8.25. The van der Waals surface area contributed by atoms with E-state index in [1.54, 1.807) is 11.8 Å². The highest BCUT2D eigenvalue weighted by Crippen LogP contribution is 2.20. The zero-order valence-electron chi connectivity index (χ0n) is 14.1. The monoisotopic (exact) mass is 317 g/mol. The van der Waals surface area contributed by atoms with Crippen LogP contribution in [0.4, 0.5) is 0 Å². The van der Waals surface area contributed by atoms with Crippen molar-refractivity contribution < 1.29 is 14.7 Å². The van der Waals surface area contributed by atoms with Crippen LogP contribution in [0.3, 0.4) is 0 Å². The van der Waals surface area contributed by atoms with E-state index in [0.717, 1.165) is 25.8 Å². The van der Waals surface area contributed by atoms with E-state index in [1.165, 1.54) is 5.56 Å². The van der Waals surface area contributed by atoms with Crippen LogP contribution < -0.4 is 0 Å². The van der Waals surface area contributed by atoms with Gasteiger partial charge >= 0.3 is 0 Å². The molecule has 2 atom stereocenters. The van der Waals surface area contributed by atoms with Crippen molar-refractivity contribution in [1.82, 2.24) is 4.90 Å². The number of hydrogen-bond donors (Lipinski definition) is 1. The summed E-state index contributed by atoms with van der Waals surface area (Å²) in [5.74, 6) is 0.198. The number of benzene rings is 1. The summed E-state index contributed by atoms with van der Waals surface area (Å²) in [6, 6.07) is 7.62. The summed E-state index contributed by atoms with van der Waals surface area (Å²) in [5, 5.41) is 9.69. The minimum Gasteiger partial charge on any atom is -0.393 e. The van der Waals surface area contributed by atoms with E-state index < -0.39 is 0 Å². The molecule has 126 valence electrons. The quantitative estimate of drug-likeness (QED) is 0.821. The lowest BCUT2D eigenvalue weighted by molar-refractivity contribution is -0.133. The highest BCUT2D eigenvalue weighted by atomic mass is 16.3. The fraction of sp³-hybridized carbons (Fsp3) is 0.579. The van der Waals surface area contributed by atoms with Crippen LogP contribution in [0.25, 0.3) is 0 Å². The molecule has 0 saturated carbocycles. The Morgan fingerprint density at radius 2 is 1.96 bits per heavy atom. The first-order valence-electron chi connectivity index (χ1n) is 8.59. The number of carbonyl (C=O) groups is 2. The maximum atomic E-state index is 12.3. The molecule has 1 N–H and O–H groups in total. The Morgan fingerprint density at radius 1 is 1.26 bits per heavy atom. The minimum atomic E-state index is -0.385. The van der Waals surface area contributed by atoms with Crippen LogP contribution >= 0.6 is 0 Å². The molecule has 0 radical (unpaired) electrons. The van der Waals surface area contributed by atoms with Gasteiger partial charge in [-0.2, -0.15) is 0 Å². The molecule has 23 heavy (non-hydrogen) atoms. The van der Waals surface area contributed by atoms with Gasteiger partial charge in [-0.25, -0.2) is 0 Å². The smallest absolute Gasteiger partial charge is 0.223 e. The number of piperidine rings is 1. The van der Waals surface area contributed by atoms with Gasteiger partial charge in [-0.05, 0) is 31.7 Å². The number of Topliss-reactive ketones (excluding diaryl/α,β-unsaturated/α-hetero) is 1. The molecule has 1 aromatic rings. The fourth-order valence-electron chi connectivity index (χ4n) is 3.08. The van der Waals surface area contributed by atoms with Crippen molar-refractivity contribution in [3.63, 3.8) is 0 Å². The predicted molar refractivity (Wildman–Crippen MR) is 90.4 cm³/mol. The van der Waals surface area contributed by atoms with Gasteiger partial charge in [0.25, 0.3) is 0 Å². The first-order valence-corrected chi connectivity index (χ1v) is 8.59. The van der Waals surface area contributed by atoms with Crippen LogP contribution in [0.2, 0.25) is 0 Å². The van der Waals surface area contributed by atoms with E-state index in [-0.39, 0.29) is 36.6 Å². The number of likely N-dealkylation sites (tertiary alicyclic amines) is 1. The molecular formula is C19H27NO3. The molecule has 1 fully saturated rings. The van der Waals surface area contributed by atoms with Crippen molar-refractivity contribution >= 4 is 11.7 Å². The maximum absolute atomic E-state index is 12.3. The van der Waals surface area contributed by atoms with Gasteiger partial charge in [-0.1, -0.05) is 31.2 Å². The SMILES string of the molecule is CCc1ccc(C(=O)CCC(=O)N2CCCC(C(C)O)C2)cc1. The van der Waals surface area contributed by atoms with Crippen molar-refractivity contribution in [2.75, 3.05) is 13.1 Å². The van der Waals surface area contributed by atoms with Gasteiger partial charge in [-0.3, -0.25) is 9.59 Å². The number of nitrogens with zero attached hydrogens (tertiary/aromatic N) is 1. The Morgan fingerprint density at radius 3 is 2.57 bits per heavy atom. The number of rotatable bonds is 6. The molecule has 1 heterocycles. The van der Waals surface area contributed by atoms with Gasteiger partial charge < -0.3 is 10.0 Å². The topological polar surface area (TPSA) is 57.6 Å². The van der Waals surface area contributed by atoms with Crippen LogP contribution in [0.1, 0.15) is 55.5 Å². The molecule has 0 bridgehead atoms. The Hall–Kier alpha value is -1.68. The average Bonchev–Trinajstić information content (AvgIpc) is 2.59. The predicted octanol–water partition coefficient (Wildman–Crippen LogP) is 2.83. The van der Waals surface area contributed by atoms with Crippen LogP contribution in [0, 0.1) is 5.92 Å². The lowest BCUT2D eigenvalue weighted by Gasteiger charge is -2.34. The van der Waals surface area contributed by atoms with E-state index in [9.17, 15) is 14.7 Å². The molecule has 0 aliphatic carbocycles. The van der Waals surface area contributed by atoms with Crippen molar-refractivity contribution in [2.24, 2.45) is 5.92 Å². The van der Waals surface area contributed by atoms with E-state index in [1.807, 2.05) is 24.3 Å². The number of aliphatic hydroxyl groups is 1. The van der Waals surface area contributed by atoms with Crippen molar-refractivity contribution in [2.45, 2.75) is 52.1 Å². The summed E-state index contributed by atoms with van der Waals surface area (Å²) in [6.45, 7) is 5.20. The second-order valence-corrected chi connectivity index (χ2v) is 6.46. The number of aryl methyl sites for hydroxylation is 1. The van der Waals surface area contributed by atoms with Crippen LogP contribution in [0.5, 0.6) is 0 Å². The number of ketones is 1. The largest absolute Gasteiger partial charge is 0.393 e. The fourth-order valence-corrected chi connectivity index (χ4v) is 3.08. The summed E-state index contributed by atoms with van der Waals surface area (Å²) >= 11 is 0. The summed E-state index contributed by atoms with van der Waals surface area (Å²) in [6.07, 6.45) is 2.95. The molecule has 1 amide bonds. The van der Waals surface area contributed by atoms with Gasteiger partial charge in [0.2, 0.25) is 5.91 Å². The van der Waals surface area contributed by atoms with Crippen molar-refractivity contribution in [3.05, 3.63) is 35.4 Å². The first-order chi connectivity index (χ1) is 11.0. The van der Waals surface area contributed by atoms with E-state index in [0.29, 0.717) is 12.1 Å². The van der Waals surface area contributed by atoms with Gasteiger partial charge in [0.15, 0.2) is 5.78 Å². The highest BCUT2D eigenvalue weighted by Gasteiger charge is 2.26. The summed E-state index contributed by atoms with van der Waals surface area (Å²) < 4.78 is 0. The third-order valence-corrected chi connectivity index (χ3v) is 4.74. The van der Waals surface area contributed by atoms with E-state index in [4.69, 9.17) is 0 Å². The van der Waals surface area contributed by atoms with Gasteiger partial charge in [0.05, 0.1) is 6.10 Å². The molecule has 2 unspecified atom stereocenters. The zero-order valence-corrected chi connectivity index (χ0v) is 14.1. The standard InChI is InChI=1S/C19H27NO3/c1-3-15-6-8-16(9-7-15)18(22)10-11-19(23)20-12-4-5-17(13-20)14(2)21/h6-9,14,17,21H,3-5,10-13H2,1-2H3. The summed E-state index contributed by atoms with van der Waals surface area (Å²) in [7, 11) is 0. The number of hydrogen-bond acceptors (Lipinski definition) is 3. The lowest BCUT2D eigenvalue weighted by Crippen LogP contribution is -2.43. The Labute approximate surface area is 138 Å². The number of amides is 1. The number of carbonyl (C=O) groups excluding carboxylic acids is 2. The van der Waals surface area contributed by atoms with Gasteiger partial charge in [-0.15, -0.1) is 0 Å². The third kappa shape index (κ3) is 4.90. The van der Waals surface area contributed by atoms with Crippen LogP contribution in [-0.4, -0.2) is 40.9 Å². The molecule has 1 aliphatic heterocycles. The first kappa shape index (κ1) is 17.7. The molecule has 1 aliphatic rings. The summed E-state index contributed by atoms with van der Waals surface area (Å²) in [4.78, 5) is 26.3. The Kier molecular flexibility index (Phi) is 6.34. The molecular weight excluding hydrogens is 290 g/mol. The molecule has 0 aromatic heterocycles. The molecule has 1 aromatic carbocycles. The normalized spacial score (nSPS) is 19.4. The van der Waals surface area contributed by atoms with Crippen molar-refractivity contribution in [3.8, 4) is 0 Å². The van der Waals surface area contributed by atoms with Gasteiger partial charge in [0.1, 0.15) is 0 Å². The van der Waals surface area contributed by atoms with Crippen molar-refractivity contribution in [1.29, 1.82) is 0 Å². The Balaban J connectivity index is 1.84. The molecule has 1 saturated heterocycles. The highest BCUT2D eigenvalue weighted by molar-refractivity contribution is 5.98. The van der Waals surface area contributed by atoms with E-state index in [2.05, 4.69) is 6.92 Å². The second-order valence-electron chi connectivity index (χ2n) is 6.46. The Bertz CT molecular complexity index is 536. The average molecular weight is 317 g/mol. The lowest BCUT2D eigenvalue weighted by atomic mass is 9.93. The molecule has 0 spiro atoms. The van der Waals surface area contributed by atoms with E-state index >= 15 is 0 Å². The minimum absolute atomic E-state index is 0.0186. The zero-order chi connectivity index (χ0) is 16.8. The molecule has 2 rings (SSSR count). The summed E-state index contributed by atoms with van der Waals surface area (Å²) in [5.41, 5.74) is 1.88. The third-order valence-electron chi connectivity index (χ3n) is 4.74. The number of aliphatic hydroxyl groups excluding tert-OH is 1. The maximum Gasteiger partial charge on any atom is 0.223 e. The molecule has 4 nitrogen and oxygen atoms in total. The van der Waals surface area contributed by atoms with Gasteiger partial charge in [0, 0.05) is 37.4 Å². The molecule has 4 heteroatoms.